The molecule has 1 aliphatic heterocycles. The van der Waals surface area contributed by atoms with E-state index in [-0.39, 0.29) is 0 Å². The minimum Gasteiger partial charge on any atom is -0.394 e. The zero-order chi connectivity index (χ0) is 22.1. The first-order chi connectivity index (χ1) is 14.9. The standard InChI is InChI=1S/C18H15Cl2N5O4S2/c19-9-2-1-8(4-21)12(3-9)31-18-16(28)14(15(27)11(6-26)29-18)25-5-10(23-24-25)17-22-13(20)7-30-17/h1-3,5,7,11,14-16,18,26-28H,6H2/t11-,14+,15+,16-,18-/m1/s1. The van der Waals surface area contributed by atoms with Crippen LogP contribution in [0.25, 0.3) is 10.7 Å². The first kappa shape index (κ1) is 22.4. The molecular formula is C18H15Cl2N5O4S2. The first-order valence-electron chi connectivity index (χ1n) is 8.93. The second-order valence-electron chi connectivity index (χ2n) is 6.63. The van der Waals surface area contributed by atoms with Crippen LogP contribution >= 0.6 is 46.3 Å². The van der Waals surface area contributed by atoms with Crippen molar-refractivity contribution in [2.45, 2.75) is 34.7 Å². The van der Waals surface area contributed by atoms with Crippen LogP contribution in [0.15, 0.2) is 34.7 Å². The van der Waals surface area contributed by atoms with Gasteiger partial charge in [-0.15, -0.1) is 16.4 Å². The van der Waals surface area contributed by atoms with Gasteiger partial charge in [0.1, 0.15) is 51.7 Å². The summed E-state index contributed by atoms with van der Waals surface area (Å²) in [6.45, 7) is -0.480. The topological polar surface area (TPSA) is 137 Å². The fraction of sp³-hybridized carbons (Fsp3) is 0.333. The van der Waals surface area contributed by atoms with E-state index in [2.05, 4.69) is 21.4 Å². The Kier molecular flexibility index (Phi) is 6.80. The second kappa shape index (κ2) is 9.40. The van der Waals surface area contributed by atoms with Gasteiger partial charge in [-0.05, 0) is 18.2 Å². The van der Waals surface area contributed by atoms with E-state index in [9.17, 15) is 20.6 Å². The molecular weight excluding hydrogens is 485 g/mol. The van der Waals surface area contributed by atoms with Crippen molar-refractivity contribution < 1.29 is 20.1 Å². The maximum atomic E-state index is 11.0. The number of ether oxygens (including phenoxy) is 1. The lowest BCUT2D eigenvalue weighted by molar-refractivity contribution is -0.178. The van der Waals surface area contributed by atoms with Gasteiger partial charge in [0.2, 0.25) is 0 Å². The Morgan fingerprint density at radius 1 is 1.29 bits per heavy atom. The summed E-state index contributed by atoms with van der Waals surface area (Å²) in [5, 5.41) is 51.8. The molecule has 3 aromatic rings. The Morgan fingerprint density at radius 3 is 2.77 bits per heavy atom. The van der Waals surface area contributed by atoms with Crippen molar-refractivity contribution in [2.75, 3.05) is 6.61 Å². The van der Waals surface area contributed by atoms with E-state index in [1.54, 1.807) is 23.6 Å². The third-order valence-electron chi connectivity index (χ3n) is 4.67. The summed E-state index contributed by atoms with van der Waals surface area (Å²) >= 11 is 14.3. The van der Waals surface area contributed by atoms with Gasteiger partial charge in [-0.2, -0.15) is 5.26 Å². The zero-order valence-corrected chi connectivity index (χ0v) is 18.7. The van der Waals surface area contributed by atoms with Crippen LogP contribution in [-0.2, 0) is 4.74 Å². The fourth-order valence-corrected chi connectivity index (χ4v) is 5.50. The summed E-state index contributed by atoms with van der Waals surface area (Å²) in [6.07, 6.45) is -1.96. The van der Waals surface area contributed by atoms with Gasteiger partial charge in [-0.1, -0.05) is 40.2 Å². The maximum absolute atomic E-state index is 11.0. The summed E-state index contributed by atoms with van der Waals surface area (Å²) in [7, 11) is 0. The van der Waals surface area contributed by atoms with Gasteiger partial charge in [0, 0.05) is 15.3 Å². The van der Waals surface area contributed by atoms with Gasteiger partial charge < -0.3 is 20.1 Å². The van der Waals surface area contributed by atoms with Gasteiger partial charge in [0.25, 0.3) is 0 Å². The van der Waals surface area contributed by atoms with E-state index in [1.807, 2.05) is 0 Å². The number of rotatable bonds is 5. The predicted octanol–water partition coefficient (Wildman–Crippen LogP) is 2.35. The van der Waals surface area contributed by atoms with E-state index in [0.717, 1.165) is 11.8 Å². The van der Waals surface area contributed by atoms with E-state index in [0.29, 0.717) is 31.3 Å². The van der Waals surface area contributed by atoms with Gasteiger partial charge >= 0.3 is 0 Å². The van der Waals surface area contributed by atoms with Crippen LogP contribution in [0.4, 0.5) is 0 Å². The summed E-state index contributed by atoms with van der Waals surface area (Å²) in [6, 6.07) is 5.85. The van der Waals surface area contributed by atoms with E-state index >= 15 is 0 Å². The molecule has 5 atom stereocenters. The molecule has 1 aromatic carbocycles. The van der Waals surface area contributed by atoms with Crippen LogP contribution < -0.4 is 0 Å². The monoisotopic (exact) mass is 499 g/mol. The Balaban J connectivity index is 1.64. The van der Waals surface area contributed by atoms with Crippen molar-refractivity contribution in [2.24, 2.45) is 0 Å². The number of nitrogens with zero attached hydrogens (tertiary/aromatic N) is 5. The molecule has 0 aliphatic carbocycles. The number of nitriles is 1. The maximum Gasteiger partial charge on any atom is 0.147 e. The molecule has 0 bridgehead atoms. The third kappa shape index (κ3) is 4.57. The number of aliphatic hydroxyl groups excluding tert-OH is 3. The molecule has 0 spiro atoms. The number of thiazole rings is 1. The first-order valence-corrected chi connectivity index (χ1v) is 11.4. The van der Waals surface area contributed by atoms with Crippen LogP contribution in [0.1, 0.15) is 11.6 Å². The molecule has 2 aromatic heterocycles. The Morgan fingerprint density at radius 2 is 2.10 bits per heavy atom. The molecule has 0 amide bonds. The van der Waals surface area contributed by atoms with Crippen LogP contribution in [0.2, 0.25) is 10.2 Å². The number of benzene rings is 1. The smallest absolute Gasteiger partial charge is 0.147 e. The van der Waals surface area contributed by atoms with Crippen LogP contribution in [-0.4, -0.2) is 65.7 Å². The molecule has 0 radical (unpaired) electrons. The van der Waals surface area contributed by atoms with E-state index < -0.39 is 36.4 Å². The molecule has 3 N–H and O–H groups in total. The molecule has 1 fully saturated rings. The van der Waals surface area contributed by atoms with Crippen LogP contribution in [0, 0.1) is 11.3 Å². The van der Waals surface area contributed by atoms with Crippen molar-refractivity contribution in [1.82, 2.24) is 20.0 Å². The fourth-order valence-electron chi connectivity index (χ4n) is 3.18. The zero-order valence-electron chi connectivity index (χ0n) is 15.5. The summed E-state index contributed by atoms with van der Waals surface area (Å²) in [4.78, 5) is 4.64. The van der Waals surface area contributed by atoms with Gasteiger partial charge in [0.15, 0.2) is 0 Å². The molecule has 1 saturated heterocycles. The number of hydrogen-bond acceptors (Lipinski definition) is 10. The highest BCUT2D eigenvalue weighted by Crippen LogP contribution is 2.40. The highest BCUT2D eigenvalue weighted by Gasteiger charge is 2.46. The summed E-state index contributed by atoms with van der Waals surface area (Å²) in [5.41, 5.74) is -0.135. The van der Waals surface area contributed by atoms with Crippen molar-refractivity contribution in [3.63, 3.8) is 0 Å². The van der Waals surface area contributed by atoms with Crippen molar-refractivity contribution in [1.29, 1.82) is 5.26 Å². The Hall–Kier alpha value is -1.75. The molecule has 162 valence electrons. The van der Waals surface area contributed by atoms with Crippen LogP contribution in [0.5, 0.6) is 0 Å². The van der Waals surface area contributed by atoms with Gasteiger partial charge in [-0.25, -0.2) is 9.67 Å². The SMILES string of the molecule is N#Cc1ccc(Cl)cc1S[C@H]1O[C@H](CO)[C@H](O)[C@H](n2cc(-c3nc(Cl)cs3)nn2)[C@H]1O. The minimum atomic E-state index is -1.26. The lowest BCUT2D eigenvalue weighted by Gasteiger charge is -2.41. The van der Waals surface area contributed by atoms with Gasteiger partial charge in [-0.3, -0.25) is 0 Å². The quantitative estimate of drug-likeness (QED) is 0.482. The average molecular weight is 500 g/mol. The number of thioether (sulfide) groups is 1. The lowest BCUT2D eigenvalue weighted by atomic mass is 9.97. The van der Waals surface area contributed by atoms with Crippen molar-refractivity contribution >= 4 is 46.3 Å². The molecule has 3 heterocycles. The average Bonchev–Trinajstić information content (AvgIpc) is 3.39. The predicted molar refractivity (Wildman–Crippen MR) is 115 cm³/mol. The number of aromatic nitrogens is 4. The second-order valence-corrected chi connectivity index (χ2v) is 9.45. The summed E-state index contributed by atoms with van der Waals surface area (Å²) in [5.74, 6) is 0. The number of aliphatic hydroxyl groups is 3. The van der Waals surface area contributed by atoms with Crippen molar-refractivity contribution in [3.05, 3.63) is 45.5 Å². The number of halogens is 2. The molecule has 1 aliphatic rings. The minimum absolute atomic E-state index is 0.326. The highest BCUT2D eigenvalue weighted by atomic mass is 35.5. The normalized spacial score (nSPS) is 26.0. The largest absolute Gasteiger partial charge is 0.394 e. The van der Waals surface area contributed by atoms with Crippen LogP contribution in [0.3, 0.4) is 0 Å². The molecule has 0 unspecified atom stereocenters. The number of hydrogen-bond donors (Lipinski definition) is 3. The molecule has 9 nitrogen and oxygen atoms in total. The third-order valence-corrected chi connectivity index (χ3v) is 7.30. The Labute approximate surface area is 194 Å². The highest BCUT2D eigenvalue weighted by molar-refractivity contribution is 7.99. The molecule has 0 saturated carbocycles. The molecule has 4 rings (SSSR count). The van der Waals surface area contributed by atoms with Crippen molar-refractivity contribution in [3.8, 4) is 16.8 Å². The van der Waals surface area contributed by atoms with Gasteiger partial charge in [0.05, 0.1) is 18.4 Å². The summed E-state index contributed by atoms with van der Waals surface area (Å²) < 4.78 is 7.04. The lowest BCUT2D eigenvalue weighted by Crippen LogP contribution is -2.55. The van der Waals surface area contributed by atoms with E-state index in [1.165, 1.54) is 22.2 Å². The molecule has 13 heteroatoms. The Bertz CT molecular complexity index is 1120. The van der Waals surface area contributed by atoms with E-state index in [4.69, 9.17) is 27.9 Å². The molecule has 31 heavy (non-hydrogen) atoms.